The molecule has 2 unspecified atom stereocenters. The number of ether oxygens (including phenoxy) is 1. The molecule has 2 rings (SSSR count). The Morgan fingerprint density at radius 3 is 2.72 bits per heavy atom. The first-order valence-electron chi connectivity index (χ1n) is 6.46. The van der Waals surface area contributed by atoms with Crippen molar-refractivity contribution in [3.05, 3.63) is 24.4 Å². The van der Waals surface area contributed by atoms with Gasteiger partial charge in [0.15, 0.2) is 0 Å². The van der Waals surface area contributed by atoms with Crippen LogP contribution in [-0.2, 0) is 9.53 Å². The lowest BCUT2D eigenvalue weighted by molar-refractivity contribution is -0.140. The third-order valence-corrected chi connectivity index (χ3v) is 3.83. The van der Waals surface area contributed by atoms with E-state index in [4.69, 9.17) is 4.74 Å². The van der Waals surface area contributed by atoms with E-state index < -0.39 is 0 Å². The number of hydrogen-bond donors (Lipinski definition) is 1. The Labute approximate surface area is 108 Å². The lowest BCUT2D eigenvalue weighted by atomic mass is 10.0. The fraction of sp³-hybridized carbons (Fsp3) is 0.643. The van der Waals surface area contributed by atoms with Gasteiger partial charge in [-0.25, -0.2) is 0 Å². The highest BCUT2D eigenvalue weighted by molar-refractivity contribution is 5.74. The topological polar surface area (TPSA) is 49.8 Å². The molecule has 2 aliphatic rings. The number of rotatable bonds is 3. The van der Waals surface area contributed by atoms with Gasteiger partial charge in [-0.1, -0.05) is 12.7 Å². The molecule has 0 radical (unpaired) electrons. The van der Waals surface area contributed by atoms with E-state index in [1.54, 1.807) is 17.2 Å². The van der Waals surface area contributed by atoms with Crippen LogP contribution in [0.5, 0.6) is 0 Å². The van der Waals surface area contributed by atoms with Crippen LogP contribution in [-0.4, -0.2) is 34.3 Å². The molecule has 0 spiro atoms. The number of aliphatic hydroxyl groups excluding tert-OH is 1. The van der Waals surface area contributed by atoms with Crippen molar-refractivity contribution in [3.8, 4) is 0 Å². The minimum absolute atomic E-state index is 0.0457. The number of carbonyl (C=O) groups excluding carboxylic acids is 1. The number of carbonyl (C=O) groups is 1. The molecule has 1 N–H and O–H groups in total. The average Bonchev–Trinajstić information content (AvgIpc) is 2.88. The summed E-state index contributed by atoms with van der Waals surface area (Å²) in [6.07, 6.45) is 5.35. The fourth-order valence-electron chi connectivity index (χ4n) is 2.81. The monoisotopic (exact) mass is 251 g/mol. The summed E-state index contributed by atoms with van der Waals surface area (Å²) >= 11 is 0. The Kier molecular flexibility index (Phi) is 3.88. The van der Waals surface area contributed by atoms with Crippen LogP contribution in [0.4, 0.5) is 0 Å². The predicted octanol–water partition coefficient (Wildman–Crippen LogP) is 1.81. The Balaban J connectivity index is 2.10. The van der Waals surface area contributed by atoms with E-state index in [1.807, 2.05) is 6.92 Å². The van der Waals surface area contributed by atoms with Crippen molar-refractivity contribution in [1.82, 2.24) is 4.90 Å². The van der Waals surface area contributed by atoms with Crippen LogP contribution < -0.4 is 0 Å². The zero-order valence-electron chi connectivity index (χ0n) is 11.0. The van der Waals surface area contributed by atoms with E-state index in [0.29, 0.717) is 5.92 Å². The molecule has 1 aliphatic heterocycles. The van der Waals surface area contributed by atoms with Crippen LogP contribution in [0.2, 0.25) is 0 Å². The lowest BCUT2D eigenvalue weighted by Gasteiger charge is -2.25. The van der Waals surface area contributed by atoms with Crippen LogP contribution in [0.1, 0.15) is 33.1 Å². The Morgan fingerprint density at radius 1 is 1.44 bits per heavy atom. The Hall–Kier alpha value is -1.13. The SMILES string of the molecule is C=C/C(C)=C\N(C(C)=O)[C@@H]1C[C@H]2CCC(O)C2O1. The van der Waals surface area contributed by atoms with E-state index in [-0.39, 0.29) is 24.3 Å². The molecule has 1 saturated heterocycles. The van der Waals surface area contributed by atoms with Crippen molar-refractivity contribution in [2.45, 2.75) is 51.5 Å². The molecule has 0 bridgehead atoms. The molecule has 4 nitrogen and oxygen atoms in total. The molecule has 0 aromatic carbocycles. The van der Waals surface area contributed by atoms with Gasteiger partial charge in [0.05, 0.1) is 12.2 Å². The molecule has 4 heteroatoms. The summed E-state index contributed by atoms with van der Waals surface area (Å²) in [6, 6.07) is 0. The van der Waals surface area contributed by atoms with Gasteiger partial charge in [0, 0.05) is 13.1 Å². The maximum atomic E-state index is 11.7. The first-order chi connectivity index (χ1) is 8.52. The zero-order chi connectivity index (χ0) is 13.3. The number of fused-ring (bicyclic) bond motifs is 1. The maximum absolute atomic E-state index is 11.7. The summed E-state index contributed by atoms with van der Waals surface area (Å²) in [5, 5.41) is 9.81. The lowest BCUT2D eigenvalue weighted by Crippen LogP contribution is -2.36. The van der Waals surface area contributed by atoms with Gasteiger partial charge in [-0.2, -0.15) is 0 Å². The maximum Gasteiger partial charge on any atom is 0.225 e. The third-order valence-electron chi connectivity index (χ3n) is 3.83. The molecule has 1 aliphatic carbocycles. The van der Waals surface area contributed by atoms with Gasteiger partial charge in [0.1, 0.15) is 6.23 Å². The Bertz CT molecular complexity index is 377. The van der Waals surface area contributed by atoms with Gasteiger partial charge >= 0.3 is 0 Å². The molecule has 100 valence electrons. The van der Waals surface area contributed by atoms with Crippen LogP contribution in [0.15, 0.2) is 24.4 Å². The number of hydrogen-bond acceptors (Lipinski definition) is 3. The van der Waals surface area contributed by atoms with Crippen molar-refractivity contribution in [2.75, 3.05) is 0 Å². The predicted molar refractivity (Wildman–Crippen MR) is 68.5 cm³/mol. The van der Waals surface area contributed by atoms with E-state index in [2.05, 4.69) is 6.58 Å². The van der Waals surface area contributed by atoms with Crippen LogP contribution >= 0.6 is 0 Å². The molecule has 0 aromatic heterocycles. The quantitative estimate of drug-likeness (QED) is 0.778. The van der Waals surface area contributed by atoms with Crippen LogP contribution in [0, 0.1) is 5.92 Å². The average molecular weight is 251 g/mol. The van der Waals surface area contributed by atoms with Gasteiger partial charge in [0.25, 0.3) is 0 Å². The minimum atomic E-state index is -0.377. The molecule has 1 heterocycles. The first-order valence-corrected chi connectivity index (χ1v) is 6.46. The first kappa shape index (κ1) is 13.3. The molecule has 0 aromatic rings. The second-order valence-electron chi connectivity index (χ2n) is 5.20. The van der Waals surface area contributed by atoms with Crippen molar-refractivity contribution in [3.63, 3.8) is 0 Å². The zero-order valence-corrected chi connectivity index (χ0v) is 11.0. The third kappa shape index (κ3) is 2.49. The standard InChI is InChI=1S/C14H21NO3/c1-4-9(2)8-15(10(3)16)13-7-11-5-6-12(17)14(11)18-13/h4,8,11-14,17H,1,5-7H2,2-3H3/b9-8-/t11-,12?,13+,14?/m1/s1. The molecule has 18 heavy (non-hydrogen) atoms. The van der Waals surface area contributed by atoms with Crippen LogP contribution in [0.3, 0.4) is 0 Å². The van der Waals surface area contributed by atoms with E-state index in [0.717, 1.165) is 24.8 Å². The number of nitrogens with zero attached hydrogens (tertiary/aromatic N) is 1. The number of amides is 1. The van der Waals surface area contributed by atoms with E-state index in [1.165, 1.54) is 6.92 Å². The summed E-state index contributed by atoms with van der Waals surface area (Å²) in [5.74, 6) is 0.333. The normalized spacial score (nSPS) is 35.4. The van der Waals surface area contributed by atoms with E-state index >= 15 is 0 Å². The summed E-state index contributed by atoms with van der Waals surface area (Å²) in [5.41, 5.74) is 0.923. The highest BCUT2D eigenvalue weighted by Crippen LogP contribution is 2.40. The molecule has 1 amide bonds. The van der Waals surface area contributed by atoms with Crippen molar-refractivity contribution in [1.29, 1.82) is 0 Å². The van der Waals surface area contributed by atoms with E-state index in [9.17, 15) is 9.90 Å². The largest absolute Gasteiger partial charge is 0.390 e. The Morgan fingerprint density at radius 2 is 2.17 bits per heavy atom. The van der Waals surface area contributed by atoms with Gasteiger partial charge in [-0.05, 0) is 37.7 Å². The number of allylic oxidation sites excluding steroid dienone is 2. The molecule has 1 saturated carbocycles. The highest BCUT2D eigenvalue weighted by Gasteiger charge is 2.45. The van der Waals surface area contributed by atoms with Crippen LogP contribution in [0.25, 0.3) is 0 Å². The van der Waals surface area contributed by atoms with Gasteiger partial charge < -0.3 is 9.84 Å². The smallest absolute Gasteiger partial charge is 0.225 e. The van der Waals surface area contributed by atoms with Gasteiger partial charge in [-0.3, -0.25) is 9.69 Å². The summed E-state index contributed by atoms with van der Waals surface area (Å²) < 4.78 is 5.84. The summed E-state index contributed by atoms with van der Waals surface area (Å²) in [6.45, 7) is 7.11. The molecule has 4 atom stereocenters. The minimum Gasteiger partial charge on any atom is -0.390 e. The highest BCUT2D eigenvalue weighted by atomic mass is 16.5. The van der Waals surface area contributed by atoms with Crippen molar-refractivity contribution >= 4 is 5.91 Å². The number of aliphatic hydroxyl groups is 1. The van der Waals surface area contributed by atoms with Gasteiger partial charge in [0.2, 0.25) is 5.91 Å². The summed E-state index contributed by atoms with van der Waals surface area (Å²) in [4.78, 5) is 13.3. The van der Waals surface area contributed by atoms with Crippen molar-refractivity contribution in [2.24, 2.45) is 5.92 Å². The molecular formula is C14H21NO3. The second kappa shape index (κ2) is 5.24. The van der Waals surface area contributed by atoms with Crippen molar-refractivity contribution < 1.29 is 14.6 Å². The molecule has 2 fully saturated rings. The van der Waals surface area contributed by atoms with Gasteiger partial charge in [-0.15, -0.1) is 0 Å². The fourth-order valence-corrected chi connectivity index (χ4v) is 2.81. The summed E-state index contributed by atoms with van der Waals surface area (Å²) in [7, 11) is 0. The second-order valence-corrected chi connectivity index (χ2v) is 5.20. The molecular weight excluding hydrogens is 230 g/mol.